The van der Waals surface area contributed by atoms with Crippen LogP contribution in [0.25, 0.3) is 0 Å². The van der Waals surface area contributed by atoms with E-state index in [0.29, 0.717) is 21.3 Å². The predicted octanol–water partition coefficient (Wildman–Crippen LogP) is 2.67. The highest BCUT2D eigenvalue weighted by atomic mass is 79.9. The minimum Gasteiger partial charge on any atom is -0.384 e. The number of benzene rings is 2. The maximum atomic E-state index is 12.7. The highest BCUT2D eigenvalue weighted by Gasteiger charge is 2.33. The summed E-state index contributed by atoms with van der Waals surface area (Å²) in [6, 6.07) is 11.9. The van der Waals surface area contributed by atoms with Crippen molar-refractivity contribution in [1.29, 1.82) is 0 Å². The van der Waals surface area contributed by atoms with Crippen LogP contribution in [0.3, 0.4) is 0 Å². The molecular weight excluding hydrogens is 342 g/mol. The Morgan fingerprint density at radius 2 is 1.85 bits per heavy atom. The summed E-state index contributed by atoms with van der Waals surface area (Å²) in [5.41, 5.74) is 1.47. The first-order valence-corrected chi connectivity index (χ1v) is 8.21. The van der Waals surface area contributed by atoms with E-state index < -0.39 is 16.1 Å². The number of fused-ring (bicyclic) bond motifs is 2. The van der Waals surface area contributed by atoms with Gasteiger partial charge in [0.25, 0.3) is 10.0 Å². The molecule has 0 radical (unpaired) electrons. The molecule has 104 valence electrons. The number of sulfonamides is 1. The lowest BCUT2D eigenvalue weighted by atomic mass is 10.00. The Morgan fingerprint density at radius 1 is 1.15 bits per heavy atom. The molecule has 2 aromatic rings. The lowest BCUT2D eigenvalue weighted by molar-refractivity contribution is 0.218. The maximum absolute atomic E-state index is 12.7. The first-order valence-electron chi connectivity index (χ1n) is 5.98. The fraction of sp³-hybridized carbons (Fsp3) is 0.143. The van der Waals surface area contributed by atoms with Crippen LogP contribution >= 0.6 is 15.9 Å². The summed E-state index contributed by atoms with van der Waals surface area (Å²) < 4.78 is 27.2. The van der Waals surface area contributed by atoms with Gasteiger partial charge in [0.2, 0.25) is 0 Å². The minimum atomic E-state index is -3.68. The molecule has 3 rings (SSSR count). The molecule has 0 spiro atoms. The number of nitrogens with zero attached hydrogens (tertiary/aromatic N) is 1. The molecule has 0 unspecified atom stereocenters. The SMILES string of the molecule is CN1c2ccccc2[C@H](O)c2ccc(Br)cc2S1(=O)=O. The van der Waals surface area contributed by atoms with Crippen molar-refractivity contribution in [2.24, 2.45) is 0 Å². The summed E-state index contributed by atoms with van der Waals surface area (Å²) in [7, 11) is -2.19. The van der Waals surface area contributed by atoms with Crippen LogP contribution in [-0.4, -0.2) is 20.6 Å². The molecule has 0 bridgehead atoms. The second-order valence-corrected chi connectivity index (χ2v) is 7.47. The third-order valence-electron chi connectivity index (χ3n) is 3.48. The van der Waals surface area contributed by atoms with E-state index in [9.17, 15) is 13.5 Å². The zero-order valence-electron chi connectivity index (χ0n) is 10.6. The first-order chi connectivity index (χ1) is 9.43. The predicted molar refractivity (Wildman–Crippen MR) is 80.2 cm³/mol. The average molecular weight is 354 g/mol. The first kappa shape index (κ1) is 13.6. The molecule has 0 fully saturated rings. The molecule has 1 N–H and O–H groups in total. The van der Waals surface area contributed by atoms with Gasteiger partial charge in [0.15, 0.2) is 0 Å². The van der Waals surface area contributed by atoms with Crippen LogP contribution in [0.1, 0.15) is 17.2 Å². The highest BCUT2D eigenvalue weighted by Crippen LogP contribution is 2.40. The van der Waals surface area contributed by atoms with Crippen molar-refractivity contribution in [3.63, 3.8) is 0 Å². The molecule has 0 aromatic heterocycles. The number of aliphatic hydroxyl groups is 1. The van der Waals surface area contributed by atoms with E-state index >= 15 is 0 Å². The number of para-hydroxylation sites is 1. The summed E-state index contributed by atoms with van der Waals surface area (Å²) in [5, 5.41) is 10.5. The van der Waals surface area contributed by atoms with Crippen LogP contribution in [0.4, 0.5) is 5.69 Å². The average Bonchev–Trinajstić information content (AvgIpc) is 2.50. The minimum absolute atomic E-state index is 0.123. The molecular formula is C14H12BrNO3S. The van der Waals surface area contributed by atoms with Crippen molar-refractivity contribution in [2.45, 2.75) is 11.0 Å². The molecule has 0 aliphatic carbocycles. The van der Waals surface area contributed by atoms with Gasteiger partial charge in [-0.15, -0.1) is 0 Å². The van der Waals surface area contributed by atoms with Gasteiger partial charge in [0, 0.05) is 22.6 Å². The number of hydrogen-bond donors (Lipinski definition) is 1. The van der Waals surface area contributed by atoms with Crippen molar-refractivity contribution < 1.29 is 13.5 Å². The molecule has 2 aromatic carbocycles. The number of anilines is 1. The standard InChI is InChI=1S/C14H12BrNO3S/c1-16-12-5-3-2-4-10(12)14(17)11-7-6-9(15)8-13(11)20(16,18)19/h2-8,14,17H,1H3/t14-/m0/s1. The monoisotopic (exact) mass is 353 g/mol. The van der Waals surface area contributed by atoms with E-state index in [-0.39, 0.29) is 4.90 Å². The van der Waals surface area contributed by atoms with Gasteiger partial charge in [-0.2, -0.15) is 0 Å². The van der Waals surface area contributed by atoms with Crippen LogP contribution in [0.2, 0.25) is 0 Å². The normalized spacial score (nSPS) is 19.9. The quantitative estimate of drug-likeness (QED) is 0.791. The van der Waals surface area contributed by atoms with Gasteiger partial charge in [0.1, 0.15) is 6.10 Å². The number of halogens is 1. The van der Waals surface area contributed by atoms with Gasteiger partial charge in [-0.3, -0.25) is 4.31 Å². The molecule has 4 nitrogen and oxygen atoms in total. The Kier molecular flexibility index (Phi) is 3.12. The molecule has 1 aliphatic rings. The second kappa shape index (κ2) is 4.58. The molecule has 0 saturated carbocycles. The van der Waals surface area contributed by atoms with Crippen molar-refractivity contribution >= 4 is 31.6 Å². The summed E-state index contributed by atoms with van der Waals surface area (Å²) in [5.74, 6) is 0. The highest BCUT2D eigenvalue weighted by molar-refractivity contribution is 9.10. The molecule has 1 heterocycles. The molecule has 6 heteroatoms. The van der Waals surface area contributed by atoms with Gasteiger partial charge in [-0.05, 0) is 18.2 Å². The van der Waals surface area contributed by atoms with Crippen LogP contribution in [0.15, 0.2) is 51.8 Å². The van der Waals surface area contributed by atoms with E-state index in [2.05, 4.69) is 15.9 Å². The summed E-state index contributed by atoms with van der Waals surface area (Å²) >= 11 is 3.28. The Balaban J connectivity index is 2.41. The third kappa shape index (κ3) is 1.87. The molecule has 1 aliphatic heterocycles. The Morgan fingerprint density at radius 3 is 2.60 bits per heavy atom. The lowest BCUT2D eigenvalue weighted by Gasteiger charge is -2.19. The Labute approximate surface area is 125 Å². The maximum Gasteiger partial charge on any atom is 0.264 e. The van der Waals surface area contributed by atoms with E-state index in [4.69, 9.17) is 0 Å². The van der Waals surface area contributed by atoms with Crippen LogP contribution < -0.4 is 4.31 Å². The second-order valence-electron chi connectivity index (χ2n) is 4.62. The van der Waals surface area contributed by atoms with Crippen molar-refractivity contribution in [3.05, 3.63) is 58.1 Å². The molecule has 1 atom stereocenters. The van der Waals surface area contributed by atoms with Crippen molar-refractivity contribution in [2.75, 3.05) is 11.4 Å². The molecule has 0 saturated heterocycles. The lowest BCUT2D eigenvalue weighted by Crippen LogP contribution is -2.26. The summed E-state index contributed by atoms with van der Waals surface area (Å²) in [4.78, 5) is 0.123. The van der Waals surface area contributed by atoms with Crippen LogP contribution in [0, 0.1) is 0 Å². The zero-order valence-corrected chi connectivity index (χ0v) is 13.0. The number of aliphatic hydroxyl groups excluding tert-OH is 1. The number of hydrogen-bond acceptors (Lipinski definition) is 3. The van der Waals surface area contributed by atoms with Gasteiger partial charge in [-0.25, -0.2) is 8.42 Å². The fourth-order valence-corrected chi connectivity index (χ4v) is 4.39. The molecule has 0 amide bonds. The zero-order chi connectivity index (χ0) is 14.5. The van der Waals surface area contributed by atoms with Gasteiger partial charge in [-0.1, -0.05) is 40.2 Å². The van der Waals surface area contributed by atoms with E-state index in [0.717, 1.165) is 0 Å². The van der Waals surface area contributed by atoms with Gasteiger partial charge < -0.3 is 5.11 Å². The molecule has 20 heavy (non-hydrogen) atoms. The van der Waals surface area contributed by atoms with Gasteiger partial charge >= 0.3 is 0 Å². The summed E-state index contributed by atoms with van der Waals surface area (Å²) in [6.45, 7) is 0. The third-order valence-corrected chi connectivity index (χ3v) is 5.80. The van der Waals surface area contributed by atoms with Crippen molar-refractivity contribution in [3.8, 4) is 0 Å². The van der Waals surface area contributed by atoms with Crippen molar-refractivity contribution in [1.82, 2.24) is 0 Å². The van der Waals surface area contributed by atoms with Crippen LogP contribution in [-0.2, 0) is 10.0 Å². The van der Waals surface area contributed by atoms with E-state index in [1.54, 1.807) is 36.4 Å². The van der Waals surface area contributed by atoms with Gasteiger partial charge in [0.05, 0.1) is 10.6 Å². The smallest absolute Gasteiger partial charge is 0.264 e. The Hall–Kier alpha value is -1.37. The van der Waals surface area contributed by atoms with Crippen LogP contribution in [0.5, 0.6) is 0 Å². The Bertz CT molecular complexity index is 789. The number of rotatable bonds is 0. The van der Waals surface area contributed by atoms with E-state index in [1.807, 2.05) is 0 Å². The fourth-order valence-electron chi connectivity index (χ4n) is 2.41. The topological polar surface area (TPSA) is 57.6 Å². The largest absolute Gasteiger partial charge is 0.384 e. The summed E-state index contributed by atoms with van der Waals surface area (Å²) in [6.07, 6.45) is -0.964. The van der Waals surface area contributed by atoms with E-state index in [1.165, 1.54) is 17.4 Å².